The Labute approximate surface area is 153 Å². The van der Waals surface area contributed by atoms with Crippen molar-refractivity contribution in [1.29, 1.82) is 0 Å². The molecule has 0 atom stereocenters. The number of benzene rings is 2. The molecule has 0 unspecified atom stereocenters. The van der Waals surface area contributed by atoms with Gasteiger partial charge in [0.05, 0.1) is 11.9 Å². The number of amides is 1. The highest BCUT2D eigenvalue weighted by Crippen LogP contribution is 2.28. The maximum Gasteiger partial charge on any atom is 0.279 e. The van der Waals surface area contributed by atoms with Crippen LogP contribution >= 0.6 is 0 Å². The first kappa shape index (κ1) is 17.7. The van der Waals surface area contributed by atoms with Crippen LogP contribution < -0.4 is 9.80 Å². The summed E-state index contributed by atoms with van der Waals surface area (Å²) in [4.78, 5) is 16.0. The van der Waals surface area contributed by atoms with Gasteiger partial charge in [-0.3, -0.25) is 4.79 Å². The number of anilines is 2. The Balaban J connectivity index is 1.85. The van der Waals surface area contributed by atoms with Gasteiger partial charge in [0.15, 0.2) is 5.71 Å². The van der Waals surface area contributed by atoms with Gasteiger partial charge in [0.25, 0.3) is 5.91 Å². The molecule has 2 aromatic rings. The fraction of sp³-hybridized carbons (Fsp3) is 0.250. The van der Waals surface area contributed by atoms with Gasteiger partial charge in [0.1, 0.15) is 5.75 Å². The third-order valence-corrected chi connectivity index (χ3v) is 4.52. The van der Waals surface area contributed by atoms with Crippen LogP contribution in [0.25, 0.3) is 0 Å². The first-order valence-electron chi connectivity index (χ1n) is 8.63. The molecule has 134 valence electrons. The second kappa shape index (κ2) is 7.39. The van der Waals surface area contributed by atoms with Crippen molar-refractivity contribution in [3.63, 3.8) is 0 Å². The SMILES string of the molecule is CCN(CC)c1ccc(/C=N/N=C2\C(=O)N(C)c3ccccc32)c(O)c1. The summed E-state index contributed by atoms with van der Waals surface area (Å²) in [7, 11) is 1.71. The van der Waals surface area contributed by atoms with Crippen molar-refractivity contribution in [1.82, 2.24) is 0 Å². The van der Waals surface area contributed by atoms with Gasteiger partial charge in [-0.15, -0.1) is 5.10 Å². The number of hydrogen-bond donors (Lipinski definition) is 1. The Morgan fingerprint density at radius 2 is 1.88 bits per heavy atom. The molecule has 26 heavy (non-hydrogen) atoms. The first-order valence-corrected chi connectivity index (χ1v) is 8.63. The van der Waals surface area contributed by atoms with Gasteiger partial charge < -0.3 is 14.9 Å². The number of aromatic hydroxyl groups is 1. The monoisotopic (exact) mass is 350 g/mol. The van der Waals surface area contributed by atoms with Crippen LogP contribution in [0.4, 0.5) is 11.4 Å². The van der Waals surface area contributed by atoms with E-state index >= 15 is 0 Å². The summed E-state index contributed by atoms with van der Waals surface area (Å²) >= 11 is 0. The molecule has 1 amide bonds. The van der Waals surface area contributed by atoms with E-state index in [0.717, 1.165) is 30.0 Å². The minimum absolute atomic E-state index is 0.133. The summed E-state index contributed by atoms with van der Waals surface area (Å²) in [6.45, 7) is 5.87. The van der Waals surface area contributed by atoms with Gasteiger partial charge in [-0.25, -0.2) is 0 Å². The summed E-state index contributed by atoms with van der Waals surface area (Å²) in [5.41, 5.74) is 3.39. The lowest BCUT2D eigenvalue weighted by molar-refractivity contribution is -0.111. The average Bonchev–Trinajstić information content (AvgIpc) is 2.89. The zero-order valence-corrected chi connectivity index (χ0v) is 15.2. The van der Waals surface area contributed by atoms with E-state index in [1.807, 2.05) is 30.3 Å². The van der Waals surface area contributed by atoms with Gasteiger partial charge in [-0.2, -0.15) is 5.10 Å². The molecule has 0 saturated carbocycles. The number of hydrogen-bond acceptors (Lipinski definition) is 5. The molecule has 2 aromatic carbocycles. The minimum Gasteiger partial charge on any atom is -0.507 e. The van der Waals surface area contributed by atoms with Gasteiger partial charge >= 0.3 is 0 Å². The Morgan fingerprint density at radius 3 is 2.58 bits per heavy atom. The van der Waals surface area contributed by atoms with Crippen LogP contribution in [0.2, 0.25) is 0 Å². The zero-order chi connectivity index (χ0) is 18.7. The molecular weight excluding hydrogens is 328 g/mol. The Bertz CT molecular complexity index is 885. The van der Waals surface area contributed by atoms with Crippen LogP contribution in [0.3, 0.4) is 0 Å². The highest BCUT2D eigenvalue weighted by Gasteiger charge is 2.30. The molecule has 1 heterocycles. The van der Waals surface area contributed by atoms with E-state index in [1.165, 1.54) is 6.21 Å². The largest absolute Gasteiger partial charge is 0.507 e. The number of phenols is 1. The summed E-state index contributed by atoms with van der Waals surface area (Å²) in [6.07, 6.45) is 1.46. The van der Waals surface area contributed by atoms with Crippen LogP contribution in [0, 0.1) is 0 Å². The molecule has 0 bridgehead atoms. The second-order valence-electron chi connectivity index (χ2n) is 5.99. The van der Waals surface area contributed by atoms with E-state index in [1.54, 1.807) is 24.1 Å². The molecule has 6 nitrogen and oxygen atoms in total. The van der Waals surface area contributed by atoms with Crippen LogP contribution in [0.1, 0.15) is 25.0 Å². The number of likely N-dealkylation sites (N-methyl/N-ethyl adjacent to an activating group) is 1. The molecule has 1 N–H and O–H groups in total. The standard InChI is InChI=1S/C20H22N4O2/c1-4-24(5-2)15-11-10-14(18(25)12-15)13-21-22-19-16-8-6-7-9-17(16)23(3)20(19)26/h6-13,25H,4-5H2,1-3H3/b21-13+,22-19-. The van der Waals surface area contributed by atoms with E-state index in [4.69, 9.17) is 0 Å². The molecule has 0 radical (unpaired) electrons. The number of fused-ring (bicyclic) bond motifs is 1. The molecule has 1 aliphatic heterocycles. The fourth-order valence-electron chi connectivity index (χ4n) is 3.02. The molecule has 0 aliphatic carbocycles. The molecule has 0 saturated heterocycles. The van der Waals surface area contributed by atoms with Crippen LogP contribution in [0.5, 0.6) is 5.75 Å². The van der Waals surface area contributed by atoms with Crippen molar-refractivity contribution in [2.75, 3.05) is 29.9 Å². The summed E-state index contributed by atoms with van der Waals surface area (Å²) in [5, 5.41) is 18.4. The van der Waals surface area contributed by atoms with Crippen LogP contribution in [-0.2, 0) is 4.79 Å². The Morgan fingerprint density at radius 1 is 1.15 bits per heavy atom. The highest BCUT2D eigenvalue weighted by molar-refractivity contribution is 6.54. The summed E-state index contributed by atoms with van der Waals surface area (Å²) in [5.74, 6) is -0.0573. The lowest BCUT2D eigenvalue weighted by atomic mass is 10.1. The molecule has 1 aliphatic rings. The Hall–Kier alpha value is -3.15. The topological polar surface area (TPSA) is 68.5 Å². The van der Waals surface area contributed by atoms with Crippen LogP contribution in [-0.4, -0.2) is 43.1 Å². The van der Waals surface area contributed by atoms with Crippen molar-refractivity contribution < 1.29 is 9.90 Å². The predicted octanol–water partition coefficient (Wildman–Crippen LogP) is 3.04. The smallest absolute Gasteiger partial charge is 0.279 e. The van der Waals surface area contributed by atoms with Crippen molar-refractivity contribution in [3.8, 4) is 5.75 Å². The Kier molecular flexibility index (Phi) is 5.02. The number of carbonyl (C=O) groups excluding carboxylic acids is 1. The molecule has 0 spiro atoms. The van der Waals surface area contributed by atoms with Crippen molar-refractivity contribution >= 4 is 29.2 Å². The molecular formula is C20H22N4O2. The third kappa shape index (κ3) is 3.18. The number of phenolic OH excluding ortho intramolecular Hbond substituents is 1. The van der Waals surface area contributed by atoms with E-state index in [-0.39, 0.29) is 11.7 Å². The van der Waals surface area contributed by atoms with E-state index in [0.29, 0.717) is 11.3 Å². The van der Waals surface area contributed by atoms with E-state index in [9.17, 15) is 9.90 Å². The summed E-state index contributed by atoms with van der Waals surface area (Å²) < 4.78 is 0. The molecule has 0 fully saturated rings. The number of carbonyl (C=O) groups is 1. The molecule has 3 rings (SSSR count). The third-order valence-electron chi connectivity index (χ3n) is 4.52. The van der Waals surface area contributed by atoms with Gasteiger partial charge in [0, 0.05) is 43.0 Å². The van der Waals surface area contributed by atoms with E-state index in [2.05, 4.69) is 29.0 Å². The lowest BCUT2D eigenvalue weighted by Gasteiger charge is -2.21. The quantitative estimate of drug-likeness (QED) is 0.666. The van der Waals surface area contributed by atoms with Crippen molar-refractivity contribution in [2.24, 2.45) is 10.2 Å². The van der Waals surface area contributed by atoms with Gasteiger partial charge in [0.2, 0.25) is 0 Å². The van der Waals surface area contributed by atoms with Crippen LogP contribution in [0.15, 0.2) is 52.7 Å². The number of para-hydroxylation sites is 1. The summed E-state index contributed by atoms with van der Waals surface area (Å²) in [6, 6.07) is 12.9. The number of nitrogens with zero attached hydrogens (tertiary/aromatic N) is 4. The minimum atomic E-state index is -0.190. The fourth-order valence-corrected chi connectivity index (χ4v) is 3.02. The first-order chi connectivity index (χ1) is 12.6. The molecule has 6 heteroatoms. The maximum atomic E-state index is 12.3. The predicted molar refractivity (Wildman–Crippen MR) is 106 cm³/mol. The van der Waals surface area contributed by atoms with Crippen molar-refractivity contribution in [2.45, 2.75) is 13.8 Å². The maximum absolute atomic E-state index is 12.3. The zero-order valence-electron chi connectivity index (χ0n) is 15.2. The van der Waals surface area contributed by atoms with Gasteiger partial charge in [-0.1, -0.05) is 18.2 Å². The lowest BCUT2D eigenvalue weighted by Crippen LogP contribution is -2.25. The highest BCUT2D eigenvalue weighted by atomic mass is 16.3. The van der Waals surface area contributed by atoms with E-state index < -0.39 is 0 Å². The average molecular weight is 350 g/mol. The number of rotatable bonds is 5. The van der Waals surface area contributed by atoms with Gasteiger partial charge in [-0.05, 0) is 32.0 Å². The second-order valence-corrected chi connectivity index (χ2v) is 5.99. The normalized spacial score (nSPS) is 15.1. The molecule has 0 aromatic heterocycles. The van der Waals surface area contributed by atoms with Crippen molar-refractivity contribution in [3.05, 3.63) is 53.6 Å².